The van der Waals surface area contributed by atoms with Crippen LogP contribution in [0.2, 0.25) is 5.02 Å². The summed E-state index contributed by atoms with van der Waals surface area (Å²) in [6.45, 7) is 0. The number of anilines is 1. The van der Waals surface area contributed by atoms with Crippen molar-refractivity contribution >= 4 is 27.3 Å². The topological polar surface area (TPSA) is 66.4 Å². The van der Waals surface area contributed by atoms with Crippen molar-refractivity contribution in [3.63, 3.8) is 0 Å². The molecule has 0 unspecified atom stereocenters. The summed E-state index contributed by atoms with van der Waals surface area (Å²) in [7, 11) is -4.04. The molecule has 100 valence electrons. The number of sulfonamides is 1. The van der Waals surface area contributed by atoms with E-state index >= 15 is 0 Å². The van der Waals surface area contributed by atoms with Gasteiger partial charge in [-0.05, 0) is 30.3 Å². The van der Waals surface area contributed by atoms with Crippen LogP contribution in [-0.4, -0.2) is 13.5 Å². The minimum Gasteiger partial charge on any atom is -0.506 e. The first-order valence-corrected chi connectivity index (χ1v) is 7.02. The van der Waals surface area contributed by atoms with E-state index in [4.69, 9.17) is 11.6 Å². The van der Waals surface area contributed by atoms with Crippen LogP contribution in [0.4, 0.5) is 10.1 Å². The van der Waals surface area contributed by atoms with E-state index in [0.29, 0.717) is 0 Å². The lowest BCUT2D eigenvalue weighted by molar-refractivity contribution is 0.475. The lowest BCUT2D eigenvalue weighted by Crippen LogP contribution is -2.14. The molecule has 0 heterocycles. The molecule has 2 N–H and O–H groups in total. The van der Waals surface area contributed by atoms with Gasteiger partial charge in [-0.15, -0.1) is 0 Å². The molecule has 2 aromatic rings. The highest BCUT2D eigenvalue weighted by molar-refractivity contribution is 7.92. The molecule has 4 nitrogen and oxygen atoms in total. The van der Waals surface area contributed by atoms with Crippen molar-refractivity contribution in [2.24, 2.45) is 0 Å². The number of halogens is 2. The third-order valence-corrected chi connectivity index (χ3v) is 4.04. The van der Waals surface area contributed by atoms with E-state index in [9.17, 15) is 17.9 Å². The number of benzene rings is 2. The van der Waals surface area contributed by atoms with Crippen LogP contribution in [0, 0.1) is 5.82 Å². The van der Waals surface area contributed by atoms with Crippen molar-refractivity contribution in [2.75, 3.05) is 4.72 Å². The van der Waals surface area contributed by atoms with Crippen LogP contribution in [0.15, 0.2) is 47.4 Å². The maximum atomic E-state index is 13.4. The van der Waals surface area contributed by atoms with Crippen LogP contribution in [-0.2, 0) is 10.0 Å². The summed E-state index contributed by atoms with van der Waals surface area (Å²) in [6, 6.07) is 8.81. The number of rotatable bonds is 3. The van der Waals surface area contributed by atoms with Crippen molar-refractivity contribution in [1.29, 1.82) is 0 Å². The molecular weight excluding hydrogens is 293 g/mol. The molecular formula is C12H9ClFNO3S. The minimum absolute atomic E-state index is 0.00580. The number of phenols is 1. The summed E-state index contributed by atoms with van der Waals surface area (Å²) < 4.78 is 39.6. The Labute approximate surface area is 114 Å². The zero-order valence-corrected chi connectivity index (χ0v) is 11.0. The van der Waals surface area contributed by atoms with Gasteiger partial charge in [0.1, 0.15) is 16.5 Å². The first-order valence-electron chi connectivity index (χ1n) is 5.16. The second kappa shape index (κ2) is 5.07. The molecule has 7 heteroatoms. The predicted molar refractivity (Wildman–Crippen MR) is 70.3 cm³/mol. The van der Waals surface area contributed by atoms with Gasteiger partial charge in [0, 0.05) is 0 Å². The molecule has 0 saturated heterocycles. The largest absolute Gasteiger partial charge is 0.506 e. The lowest BCUT2D eigenvalue weighted by atomic mass is 10.3. The Balaban J connectivity index is 2.37. The van der Waals surface area contributed by atoms with E-state index in [1.54, 1.807) is 0 Å². The number of phenolic OH excluding ortho intramolecular Hbond substituents is 1. The highest BCUT2D eigenvalue weighted by Crippen LogP contribution is 2.27. The van der Waals surface area contributed by atoms with Crippen molar-refractivity contribution < 1.29 is 17.9 Å². The second-order valence-electron chi connectivity index (χ2n) is 3.70. The maximum Gasteiger partial charge on any atom is 0.264 e. The normalized spacial score (nSPS) is 11.3. The van der Waals surface area contributed by atoms with Gasteiger partial charge in [-0.25, -0.2) is 12.8 Å². The van der Waals surface area contributed by atoms with Crippen LogP contribution in [0.1, 0.15) is 0 Å². The van der Waals surface area contributed by atoms with Crippen molar-refractivity contribution in [1.82, 2.24) is 0 Å². The summed E-state index contributed by atoms with van der Waals surface area (Å²) in [5.74, 6) is -1.02. The Kier molecular flexibility index (Phi) is 3.64. The SMILES string of the molecule is O=S(=O)(Nc1ccc(O)c(Cl)c1)c1ccccc1F. The third-order valence-electron chi connectivity index (χ3n) is 2.33. The van der Waals surface area contributed by atoms with Crippen LogP contribution < -0.4 is 4.72 Å². The molecule has 2 rings (SSSR count). The number of hydrogen-bond donors (Lipinski definition) is 2. The molecule has 0 aromatic heterocycles. The molecule has 0 aliphatic carbocycles. The van der Waals surface area contributed by atoms with Gasteiger partial charge >= 0.3 is 0 Å². The Hall–Kier alpha value is -1.79. The molecule has 0 atom stereocenters. The Morgan fingerprint density at radius 1 is 1.16 bits per heavy atom. The predicted octanol–water partition coefficient (Wildman–Crippen LogP) is 2.99. The highest BCUT2D eigenvalue weighted by Gasteiger charge is 2.18. The van der Waals surface area contributed by atoms with Crippen LogP contribution >= 0.6 is 11.6 Å². The molecule has 0 aliphatic heterocycles. The van der Waals surface area contributed by atoms with Gasteiger partial charge < -0.3 is 5.11 Å². The van der Waals surface area contributed by atoms with Gasteiger partial charge in [0.2, 0.25) is 0 Å². The van der Waals surface area contributed by atoms with Crippen LogP contribution in [0.3, 0.4) is 0 Å². The fraction of sp³-hybridized carbons (Fsp3) is 0. The summed E-state index contributed by atoms with van der Waals surface area (Å²) in [5.41, 5.74) is 0.131. The monoisotopic (exact) mass is 301 g/mol. The minimum atomic E-state index is -4.04. The second-order valence-corrected chi connectivity index (χ2v) is 5.76. The third kappa shape index (κ3) is 2.97. The Morgan fingerprint density at radius 3 is 2.47 bits per heavy atom. The quantitative estimate of drug-likeness (QED) is 0.857. The van der Waals surface area contributed by atoms with Gasteiger partial charge in [-0.1, -0.05) is 23.7 Å². The lowest BCUT2D eigenvalue weighted by Gasteiger charge is -2.09. The zero-order chi connectivity index (χ0) is 14.0. The van der Waals surface area contributed by atoms with Crippen molar-refractivity contribution in [3.05, 3.63) is 53.3 Å². The summed E-state index contributed by atoms with van der Waals surface area (Å²) in [4.78, 5) is -0.459. The average Bonchev–Trinajstić information content (AvgIpc) is 2.34. The first kappa shape index (κ1) is 13.6. The fourth-order valence-corrected chi connectivity index (χ4v) is 2.75. The highest BCUT2D eigenvalue weighted by atomic mass is 35.5. The van der Waals surface area contributed by atoms with Gasteiger partial charge in [0.15, 0.2) is 0 Å². The molecule has 0 aliphatic rings. The van der Waals surface area contributed by atoms with Gasteiger partial charge in [-0.2, -0.15) is 0 Å². The molecule has 2 aromatic carbocycles. The number of aromatic hydroxyl groups is 1. The van der Waals surface area contributed by atoms with Gasteiger partial charge in [0.25, 0.3) is 10.0 Å². The van der Waals surface area contributed by atoms with Crippen molar-refractivity contribution in [2.45, 2.75) is 4.90 Å². The molecule has 0 spiro atoms. The summed E-state index contributed by atoms with van der Waals surface area (Å²) in [6.07, 6.45) is 0. The average molecular weight is 302 g/mol. The van der Waals surface area contributed by atoms with Crippen LogP contribution in [0.25, 0.3) is 0 Å². The van der Waals surface area contributed by atoms with Gasteiger partial charge in [0.05, 0.1) is 10.7 Å². The van der Waals surface area contributed by atoms with E-state index in [-0.39, 0.29) is 16.5 Å². The van der Waals surface area contributed by atoms with E-state index in [1.165, 1.54) is 30.3 Å². The molecule has 0 amide bonds. The molecule has 19 heavy (non-hydrogen) atoms. The first-order chi connectivity index (χ1) is 8.90. The van der Waals surface area contributed by atoms with E-state index < -0.39 is 20.7 Å². The Morgan fingerprint density at radius 2 is 1.84 bits per heavy atom. The summed E-state index contributed by atoms with van der Waals surface area (Å²) in [5, 5.41) is 9.23. The molecule has 0 fully saturated rings. The number of nitrogens with one attached hydrogen (secondary N) is 1. The molecule has 0 radical (unpaired) electrons. The number of hydrogen-bond acceptors (Lipinski definition) is 3. The maximum absolute atomic E-state index is 13.4. The van der Waals surface area contributed by atoms with E-state index in [1.807, 2.05) is 0 Å². The molecule has 0 bridgehead atoms. The van der Waals surface area contributed by atoms with Crippen LogP contribution in [0.5, 0.6) is 5.75 Å². The summed E-state index contributed by atoms with van der Waals surface area (Å²) >= 11 is 5.66. The Bertz CT molecular complexity index is 719. The van der Waals surface area contributed by atoms with Crippen molar-refractivity contribution in [3.8, 4) is 5.75 Å². The molecule has 0 saturated carbocycles. The zero-order valence-electron chi connectivity index (χ0n) is 9.47. The van der Waals surface area contributed by atoms with E-state index in [2.05, 4.69) is 4.72 Å². The smallest absolute Gasteiger partial charge is 0.264 e. The van der Waals surface area contributed by atoms with E-state index in [0.717, 1.165) is 12.1 Å². The standard InChI is InChI=1S/C12H9ClFNO3S/c13-9-7-8(5-6-11(9)16)15-19(17,18)12-4-2-1-3-10(12)14/h1-7,15-16H. The fourth-order valence-electron chi connectivity index (χ4n) is 1.44. The van der Waals surface area contributed by atoms with Gasteiger partial charge in [-0.3, -0.25) is 4.72 Å².